The molecule has 0 radical (unpaired) electrons. The van der Waals surface area contributed by atoms with Crippen LogP contribution in [0.25, 0.3) is 0 Å². The average molecular weight is 281 g/mol. The van der Waals surface area contributed by atoms with E-state index in [0.717, 1.165) is 25.1 Å². The minimum absolute atomic E-state index is 0.211. The number of hydrogen-bond acceptors (Lipinski definition) is 4. The van der Waals surface area contributed by atoms with Gasteiger partial charge in [0, 0.05) is 13.2 Å². The van der Waals surface area contributed by atoms with Crippen molar-refractivity contribution in [2.75, 3.05) is 26.3 Å². The highest BCUT2D eigenvalue weighted by molar-refractivity contribution is 5.27. The molecule has 20 heavy (non-hydrogen) atoms. The molecule has 0 spiro atoms. The molecule has 3 N–H and O–H groups in total. The van der Waals surface area contributed by atoms with Gasteiger partial charge in [0.2, 0.25) is 0 Å². The summed E-state index contributed by atoms with van der Waals surface area (Å²) >= 11 is 0. The second-order valence-corrected chi connectivity index (χ2v) is 5.24. The van der Waals surface area contributed by atoms with Gasteiger partial charge in [-0.15, -0.1) is 0 Å². The SMILES string of the molecule is CCc1ccc(OCC(O)CNCC(C)CCO)cc1. The van der Waals surface area contributed by atoms with Gasteiger partial charge in [0.25, 0.3) is 0 Å². The highest BCUT2D eigenvalue weighted by atomic mass is 16.5. The molecule has 0 aliphatic heterocycles. The van der Waals surface area contributed by atoms with Crippen LogP contribution in [0.4, 0.5) is 0 Å². The molecule has 0 fully saturated rings. The molecule has 4 nitrogen and oxygen atoms in total. The molecule has 114 valence electrons. The molecule has 1 aromatic rings. The molecule has 0 bridgehead atoms. The Morgan fingerprint density at radius 2 is 1.90 bits per heavy atom. The average Bonchev–Trinajstić information content (AvgIpc) is 2.46. The molecule has 1 aromatic carbocycles. The zero-order valence-electron chi connectivity index (χ0n) is 12.5. The minimum atomic E-state index is -0.526. The minimum Gasteiger partial charge on any atom is -0.491 e. The van der Waals surface area contributed by atoms with E-state index in [0.29, 0.717) is 12.5 Å². The summed E-state index contributed by atoms with van der Waals surface area (Å²) in [7, 11) is 0. The Morgan fingerprint density at radius 3 is 2.50 bits per heavy atom. The maximum atomic E-state index is 9.82. The van der Waals surface area contributed by atoms with Crippen LogP contribution in [0.15, 0.2) is 24.3 Å². The lowest BCUT2D eigenvalue weighted by Crippen LogP contribution is -2.34. The Hall–Kier alpha value is -1.10. The van der Waals surface area contributed by atoms with Crippen LogP contribution in [0.2, 0.25) is 0 Å². The molecule has 2 unspecified atom stereocenters. The van der Waals surface area contributed by atoms with Crippen LogP contribution in [0.5, 0.6) is 5.75 Å². The van der Waals surface area contributed by atoms with Gasteiger partial charge < -0.3 is 20.3 Å². The predicted octanol–water partition coefficient (Wildman–Crippen LogP) is 1.60. The fourth-order valence-corrected chi connectivity index (χ4v) is 1.89. The van der Waals surface area contributed by atoms with E-state index in [4.69, 9.17) is 9.84 Å². The largest absolute Gasteiger partial charge is 0.491 e. The molecule has 0 heterocycles. The van der Waals surface area contributed by atoms with Gasteiger partial charge in [-0.3, -0.25) is 0 Å². The Labute approximate surface area is 121 Å². The van der Waals surface area contributed by atoms with Gasteiger partial charge >= 0.3 is 0 Å². The number of rotatable bonds is 10. The molecule has 2 atom stereocenters. The van der Waals surface area contributed by atoms with Gasteiger partial charge in [0.15, 0.2) is 0 Å². The summed E-state index contributed by atoms with van der Waals surface area (Å²) in [6, 6.07) is 7.94. The molecule has 0 aliphatic carbocycles. The van der Waals surface area contributed by atoms with E-state index in [1.54, 1.807) is 0 Å². The third-order valence-corrected chi connectivity index (χ3v) is 3.27. The van der Waals surface area contributed by atoms with Crippen molar-refractivity contribution in [3.8, 4) is 5.75 Å². The van der Waals surface area contributed by atoms with E-state index >= 15 is 0 Å². The van der Waals surface area contributed by atoms with Crippen molar-refractivity contribution in [3.63, 3.8) is 0 Å². The first kappa shape index (κ1) is 17.0. The van der Waals surface area contributed by atoms with Crippen LogP contribution in [0, 0.1) is 5.92 Å². The van der Waals surface area contributed by atoms with Crippen molar-refractivity contribution in [2.24, 2.45) is 5.92 Å². The van der Waals surface area contributed by atoms with E-state index in [1.807, 2.05) is 24.3 Å². The van der Waals surface area contributed by atoms with E-state index in [1.165, 1.54) is 5.56 Å². The zero-order chi connectivity index (χ0) is 14.8. The summed E-state index contributed by atoms with van der Waals surface area (Å²) in [5, 5.41) is 21.8. The Bertz CT molecular complexity index is 353. The van der Waals surface area contributed by atoms with E-state index < -0.39 is 6.10 Å². The van der Waals surface area contributed by atoms with Crippen molar-refractivity contribution in [3.05, 3.63) is 29.8 Å². The molecule has 1 rings (SSSR count). The summed E-state index contributed by atoms with van der Waals surface area (Å²) < 4.78 is 5.54. The highest BCUT2D eigenvalue weighted by Gasteiger charge is 2.06. The maximum Gasteiger partial charge on any atom is 0.119 e. The third-order valence-electron chi connectivity index (χ3n) is 3.27. The monoisotopic (exact) mass is 281 g/mol. The second kappa shape index (κ2) is 9.75. The number of nitrogens with one attached hydrogen (secondary N) is 1. The van der Waals surface area contributed by atoms with Crippen molar-refractivity contribution >= 4 is 0 Å². The van der Waals surface area contributed by atoms with E-state index in [2.05, 4.69) is 19.2 Å². The maximum absolute atomic E-state index is 9.82. The quantitative estimate of drug-likeness (QED) is 0.609. The number of aliphatic hydroxyl groups excluding tert-OH is 2. The van der Waals surface area contributed by atoms with Crippen molar-refractivity contribution < 1.29 is 14.9 Å². The standard InChI is InChI=1S/C16H27NO3/c1-3-14-4-6-16(7-5-14)20-12-15(19)11-17-10-13(2)8-9-18/h4-7,13,15,17-19H,3,8-12H2,1-2H3. The summed E-state index contributed by atoms with van der Waals surface area (Å²) in [5.74, 6) is 1.20. The van der Waals surface area contributed by atoms with Crippen LogP contribution in [0.1, 0.15) is 25.8 Å². The first-order valence-electron chi connectivity index (χ1n) is 7.37. The van der Waals surface area contributed by atoms with Gasteiger partial charge in [-0.25, -0.2) is 0 Å². The summed E-state index contributed by atoms with van der Waals surface area (Å²) in [6.07, 6.45) is 1.27. The number of hydrogen-bond donors (Lipinski definition) is 3. The van der Waals surface area contributed by atoms with Crippen molar-refractivity contribution in [1.29, 1.82) is 0 Å². The van der Waals surface area contributed by atoms with Gasteiger partial charge in [-0.05, 0) is 43.0 Å². The molecule has 0 aromatic heterocycles. The Kier molecular flexibility index (Phi) is 8.26. The number of aliphatic hydroxyl groups is 2. The first-order valence-corrected chi connectivity index (χ1v) is 7.37. The van der Waals surface area contributed by atoms with Gasteiger partial charge in [-0.1, -0.05) is 26.0 Å². The number of aryl methyl sites for hydroxylation is 1. The molecule has 0 aliphatic rings. The number of ether oxygens (including phenoxy) is 1. The number of benzene rings is 1. The van der Waals surface area contributed by atoms with Crippen molar-refractivity contribution in [2.45, 2.75) is 32.8 Å². The third kappa shape index (κ3) is 6.89. The lowest BCUT2D eigenvalue weighted by molar-refractivity contribution is 0.105. The topological polar surface area (TPSA) is 61.7 Å². The van der Waals surface area contributed by atoms with Gasteiger partial charge in [0.1, 0.15) is 18.5 Å². The predicted molar refractivity (Wildman–Crippen MR) is 81.1 cm³/mol. The van der Waals surface area contributed by atoms with Crippen LogP contribution in [-0.2, 0) is 6.42 Å². The van der Waals surface area contributed by atoms with Crippen LogP contribution < -0.4 is 10.1 Å². The molecular weight excluding hydrogens is 254 g/mol. The lowest BCUT2D eigenvalue weighted by Gasteiger charge is -2.15. The molecule has 0 saturated heterocycles. The summed E-state index contributed by atoms with van der Waals surface area (Å²) in [4.78, 5) is 0. The summed E-state index contributed by atoms with van der Waals surface area (Å²) in [5.41, 5.74) is 1.28. The van der Waals surface area contributed by atoms with E-state index in [-0.39, 0.29) is 13.2 Å². The fourth-order valence-electron chi connectivity index (χ4n) is 1.89. The molecule has 0 saturated carbocycles. The van der Waals surface area contributed by atoms with Gasteiger partial charge in [-0.2, -0.15) is 0 Å². The smallest absolute Gasteiger partial charge is 0.119 e. The molecular formula is C16H27NO3. The second-order valence-electron chi connectivity index (χ2n) is 5.24. The molecule has 4 heteroatoms. The van der Waals surface area contributed by atoms with Crippen molar-refractivity contribution in [1.82, 2.24) is 5.32 Å². The van der Waals surface area contributed by atoms with Gasteiger partial charge in [0.05, 0.1) is 0 Å². The Balaban J connectivity index is 2.17. The lowest BCUT2D eigenvalue weighted by atomic mass is 10.1. The Morgan fingerprint density at radius 1 is 1.20 bits per heavy atom. The zero-order valence-corrected chi connectivity index (χ0v) is 12.5. The first-order chi connectivity index (χ1) is 9.65. The highest BCUT2D eigenvalue weighted by Crippen LogP contribution is 2.12. The van der Waals surface area contributed by atoms with E-state index in [9.17, 15) is 5.11 Å². The van der Waals surface area contributed by atoms with Crippen LogP contribution >= 0.6 is 0 Å². The fraction of sp³-hybridized carbons (Fsp3) is 0.625. The molecule has 0 amide bonds. The summed E-state index contributed by atoms with van der Waals surface area (Å²) in [6.45, 7) is 5.98. The van der Waals surface area contributed by atoms with Crippen LogP contribution in [0.3, 0.4) is 0 Å². The normalized spacial score (nSPS) is 14.0. The van der Waals surface area contributed by atoms with Crippen LogP contribution in [-0.4, -0.2) is 42.6 Å².